The predicted molar refractivity (Wildman–Crippen MR) is 23.6 cm³/mol. The molecule has 0 aliphatic rings. The lowest BCUT2D eigenvalue weighted by atomic mass is 10.7. The first-order chi connectivity index (χ1) is 5.11. The molecule has 0 radical (unpaired) electrons. The van der Waals surface area contributed by atoms with Crippen molar-refractivity contribution >= 4 is 5.97 Å². The highest BCUT2D eigenvalue weighted by atomic mass is 19.3. The second-order valence-electron chi connectivity index (χ2n) is 1.53. The van der Waals surface area contributed by atoms with Gasteiger partial charge in [0, 0.05) is 0 Å². The van der Waals surface area contributed by atoms with E-state index in [0.717, 1.165) is 0 Å². The van der Waals surface area contributed by atoms with Gasteiger partial charge in [0.05, 0.1) is 0 Å². The number of aromatic nitrogens is 2. The van der Waals surface area contributed by atoms with Crippen LogP contribution in [-0.4, -0.2) is 16.2 Å². The van der Waals surface area contributed by atoms with Crippen LogP contribution in [0.15, 0.2) is 4.42 Å². The van der Waals surface area contributed by atoms with Crippen molar-refractivity contribution in [3.8, 4) is 0 Å². The van der Waals surface area contributed by atoms with Gasteiger partial charge in [-0.25, -0.2) is 0 Å². The fourth-order valence-corrected chi connectivity index (χ4v) is 0.405. The molecule has 0 bridgehead atoms. The smallest absolute Gasteiger partial charge is 0.314 e. The van der Waals surface area contributed by atoms with Crippen molar-refractivity contribution in [2.75, 3.05) is 0 Å². The minimum absolute atomic E-state index is 0.944. The number of hydrogen-bond acceptors (Lipinski definition) is 5. The number of carboxylic acid groups (broad SMARTS) is 1. The lowest BCUT2D eigenvalue weighted by Crippen LogP contribution is -2.22. The molecule has 1 aromatic rings. The number of aromatic carboxylic acids is 1. The van der Waals surface area contributed by atoms with Gasteiger partial charge < -0.3 is 14.3 Å². The maximum absolute atomic E-state index is 11.6. The Morgan fingerprint density at radius 3 is 2.45 bits per heavy atom. The van der Waals surface area contributed by atoms with Gasteiger partial charge in [-0.15, -0.1) is 10.2 Å². The Kier molecular flexibility index (Phi) is 1.79. The largest absolute Gasteiger partial charge is 0.540 e. The van der Waals surface area contributed by atoms with E-state index < -0.39 is 24.2 Å². The molecule has 0 aromatic carbocycles. The van der Waals surface area contributed by atoms with E-state index in [4.69, 9.17) is 0 Å². The summed E-state index contributed by atoms with van der Waals surface area (Å²) < 4.78 is 27.2. The fraction of sp³-hybridized carbons (Fsp3) is 0.250. The van der Waals surface area contributed by atoms with Gasteiger partial charge in [0.25, 0.3) is 11.8 Å². The van der Waals surface area contributed by atoms with Gasteiger partial charge in [0.2, 0.25) is 0 Å². The standard InChI is InChI=1S/C4H2F2N2O3/c5-1(6)2-7-8-3(11-2)4(9)10/h1H,(H,9,10)/p-1. The summed E-state index contributed by atoms with van der Waals surface area (Å²) in [6, 6.07) is 0. The third-order valence-electron chi connectivity index (χ3n) is 0.802. The van der Waals surface area contributed by atoms with Crippen molar-refractivity contribution in [3.05, 3.63) is 11.8 Å². The number of carbonyl (C=O) groups excluding carboxylic acids is 1. The third kappa shape index (κ3) is 1.48. The summed E-state index contributed by atoms with van der Waals surface area (Å²) >= 11 is 0. The molecule has 0 fully saturated rings. The fourth-order valence-electron chi connectivity index (χ4n) is 0.405. The number of halogens is 2. The molecule has 7 heteroatoms. The number of alkyl halides is 2. The molecule has 0 amide bonds. The highest BCUT2D eigenvalue weighted by Gasteiger charge is 2.15. The van der Waals surface area contributed by atoms with E-state index in [-0.39, 0.29) is 0 Å². The van der Waals surface area contributed by atoms with Crippen LogP contribution in [0.5, 0.6) is 0 Å². The highest BCUT2D eigenvalue weighted by molar-refractivity contribution is 5.79. The second-order valence-corrected chi connectivity index (χ2v) is 1.53. The lowest BCUT2D eigenvalue weighted by Gasteiger charge is -1.90. The Labute approximate surface area is 58.7 Å². The molecule has 0 N–H and O–H groups in total. The van der Waals surface area contributed by atoms with Crippen molar-refractivity contribution < 1.29 is 23.1 Å². The summed E-state index contributed by atoms with van der Waals surface area (Å²) in [5.41, 5.74) is 0. The average Bonchev–Trinajstić information content (AvgIpc) is 2.33. The Hall–Kier alpha value is -1.53. The Morgan fingerprint density at radius 2 is 2.18 bits per heavy atom. The van der Waals surface area contributed by atoms with Gasteiger partial charge in [-0.3, -0.25) is 0 Å². The van der Waals surface area contributed by atoms with Crippen molar-refractivity contribution in [2.45, 2.75) is 6.43 Å². The Balaban J connectivity index is 2.90. The van der Waals surface area contributed by atoms with Gasteiger partial charge in [0.15, 0.2) is 0 Å². The number of carbonyl (C=O) groups is 1. The van der Waals surface area contributed by atoms with Crippen LogP contribution in [0.4, 0.5) is 8.78 Å². The van der Waals surface area contributed by atoms with Crippen molar-refractivity contribution in [3.63, 3.8) is 0 Å². The molecule has 5 nitrogen and oxygen atoms in total. The van der Waals surface area contributed by atoms with E-state index in [9.17, 15) is 18.7 Å². The molecule has 1 aromatic heterocycles. The van der Waals surface area contributed by atoms with Gasteiger partial charge in [0.1, 0.15) is 5.97 Å². The van der Waals surface area contributed by atoms with E-state index >= 15 is 0 Å². The summed E-state index contributed by atoms with van der Waals surface area (Å²) in [4.78, 5) is 9.88. The molecule has 0 spiro atoms. The van der Waals surface area contributed by atoms with Crippen molar-refractivity contribution in [2.24, 2.45) is 0 Å². The molecule has 0 aliphatic heterocycles. The average molecular weight is 163 g/mol. The van der Waals surface area contributed by atoms with E-state index in [1.165, 1.54) is 0 Å². The normalized spacial score (nSPS) is 10.5. The quantitative estimate of drug-likeness (QED) is 0.579. The van der Waals surface area contributed by atoms with Crippen LogP contribution in [0.2, 0.25) is 0 Å². The molecule has 0 aliphatic carbocycles. The molecular formula is C4HF2N2O3-. The lowest BCUT2D eigenvalue weighted by molar-refractivity contribution is -0.257. The summed E-state index contributed by atoms with van der Waals surface area (Å²) in [5, 5.41) is 15.4. The zero-order valence-electron chi connectivity index (χ0n) is 4.95. The van der Waals surface area contributed by atoms with Crippen molar-refractivity contribution in [1.82, 2.24) is 10.2 Å². The first kappa shape index (κ1) is 7.58. The number of nitrogens with zero attached hydrogens (tertiary/aromatic N) is 2. The second kappa shape index (κ2) is 2.60. The predicted octanol–water partition coefficient (Wildman–Crippen LogP) is -0.629. The molecule has 0 saturated heterocycles. The minimum Gasteiger partial charge on any atom is -0.540 e. The van der Waals surface area contributed by atoms with Gasteiger partial charge in [-0.05, 0) is 0 Å². The number of rotatable bonds is 2. The Bertz CT molecular complexity index is 272. The summed E-state index contributed by atoms with van der Waals surface area (Å²) in [7, 11) is 0. The van der Waals surface area contributed by atoms with Gasteiger partial charge >= 0.3 is 6.43 Å². The SMILES string of the molecule is O=C([O-])c1nnc(C(F)F)o1. The van der Waals surface area contributed by atoms with E-state index in [2.05, 4.69) is 14.6 Å². The third-order valence-corrected chi connectivity index (χ3v) is 0.802. The van der Waals surface area contributed by atoms with Crippen LogP contribution in [0.25, 0.3) is 0 Å². The first-order valence-corrected chi connectivity index (χ1v) is 2.44. The topological polar surface area (TPSA) is 79.0 Å². The van der Waals surface area contributed by atoms with Crippen LogP contribution in [0.1, 0.15) is 23.0 Å². The minimum atomic E-state index is -2.96. The van der Waals surface area contributed by atoms with Crippen LogP contribution in [0.3, 0.4) is 0 Å². The summed E-state index contributed by atoms with van der Waals surface area (Å²) in [6.45, 7) is 0. The molecule has 1 heterocycles. The number of hydrogen-bond donors (Lipinski definition) is 0. The van der Waals surface area contributed by atoms with Crippen LogP contribution < -0.4 is 5.11 Å². The molecular weight excluding hydrogens is 162 g/mol. The van der Waals surface area contributed by atoms with Crippen LogP contribution in [-0.2, 0) is 0 Å². The van der Waals surface area contributed by atoms with E-state index in [0.29, 0.717) is 0 Å². The summed E-state index contributed by atoms with van der Waals surface area (Å²) in [6.07, 6.45) is -2.96. The molecule has 0 saturated carbocycles. The maximum Gasteiger partial charge on any atom is 0.314 e. The number of carboxylic acids is 1. The van der Waals surface area contributed by atoms with Gasteiger partial charge in [-0.1, -0.05) is 0 Å². The maximum atomic E-state index is 11.6. The zero-order valence-corrected chi connectivity index (χ0v) is 4.95. The molecule has 60 valence electrons. The molecule has 0 unspecified atom stereocenters. The van der Waals surface area contributed by atoms with Gasteiger partial charge in [-0.2, -0.15) is 8.78 Å². The summed E-state index contributed by atoms with van der Waals surface area (Å²) in [5.74, 6) is -3.74. The van der Waals surface area contributed by atoms with E-state index in [1.54, 1.807) is 0 Å². The Morgan fingerprint density at radius 1 is 1.55 bits per heavy atom. The molecule has 0 atom stereocenters. The van der Waals surface area contributed by atoms with E-state index in [1.807, 2.05) is 0 Å². The van der Waals surface area contributed by atoms with Crippen LogP contribution >= 0.6 is 0 Å². The zero-order chi connectivity index (χ0) is 8.43. The monoisotopic (exact) mass is 163 g/mol. The van der Waals surface area contributed by atoms with Crippen LogP contribution in [0, 0.1) is 0 Å². The molecule has 1 rings (SSSR count). The highest BCUT2D eigenvalue weighted by Crippen LogP contribution is 2.15. The molecule has 11 heavy (non-hydrogen) atoms. The first-order valence-electron chi connectivity index (χ1n) is 2.44. The van der Waals surface area contributed by atoms with Crippen molar-refractivity contribution in [1.29, 1.82) is 0 Å².